The molecule has 13 heavy (non-hydrogen) atoms. The van der Waals surface area contributed by atoms with Gasteiger partial charge < -0.3 is 4.74 Å². The minimum absolute atomic E-state index is 0.0456. The second-order valence-corrected chi connectivity index (χ2v) is 2.70. The number of rotatable bonds is 5. The molecule has 0 aromatic rings. The zero-order valence-corrected chi connectivity index (χ0v) is 7.90. The van der Waals surface area contributed by atoms with Crippen molar-refractivity contribution in [2.24, 2.45) is 0 Å². The van der Waals surface area contributed by atoms with Crippen molar-refractivity contribution in [1.29, 1.82) is 0 Å². The minimum atomic E-state index is -1.65. The fourth-order valence-corrected chi connectivity index (χ4v) is 0.826. The third kappa shape index (κ3) is 6.25. The Morgan fingerprint density at radius 1 is 1.31 bits per heavy atom. The van der Waals surface area contributed by atoms with Crippen LogP contribution in [0.15, 0.2) is 11.7 Å². The number of ether oxygens (including phenoxy) is 1. The summed E-state index contributed by atoms with van der Waals surface area (Å²) < 4.78 is 28.4. The lowest BCUT2D eigenvalue weighted by atomic mass is 10.1. The van der Waals surface area contributed by atoms with E-state index in [1.54, 1.807) is 6.92 Å². The first-order valence-corrected chi connectivity index (χ1v) is 4.24. The molecule has 0 saturated carbocycles. The molecule has 0 aromatic carbocycles. The predicted octanol–water partition coefficient (Wildman–Crippen LogP) is 2.89. The maximum absolute atomic E-state index is 11.9. The van der Waals surface area contributed by atoms with Gasteiger partial charge in [0.15, 0.2) is 0 Å². The average molecular weight is 192 g/mol. The highest BCUT2D eigenvalue weighted by atomic mass is 19.3. The van der Waals surface area contributed by atoms with Crippen LogP contribution in [0.3, 0.4) is 0 Å². The van der Waals surface area contributed by atoms with Gasteiger partial charge in [0.05, 0.1) is 6.61 Å². The molecule has 0 aliphatic carbocycles. The number of carbonyl (C=O) groups is 1. The molecular formula is C9H14F2O2. The second kappa shape index (κ2) is 6.57. The van der Waals surface area contributed by atoms with E-state index >= 15 is 0 Å². The van der Waals surface area contributed by atoms with Gasteiger partial charge in [-0.25, -0.2) is 0 Å². The van der Waals surface area contributed by atoms with Crippen molar-refractivity contribution in [3.63, 3.8) is 0 Å². The molecular weight excluding hydrogens is 178 g/mol. The van der Waals surface area contributed by atoms with E-state index in [2.05, 4.69) is 4.74 Å². The molecule has 4 heteroatoms. The zero-order chi connectivity index (χ0) is 10.3. The summed E-state index contributed by atoms with van der Waals surface area (Å²) in [6.45, 7) is 3.41. The Bertz CT molecular complexity index is 196. The van der Waals surface area contributed by atoms with Gasteiger partial charge in [0.1, 0.15) is 0 Å². The van der Waals surface area contributed by atoms with Gasteiger partial charge in [-0.3, -0.25) is 4.79 Å². The standard InChI is InChI=1S/C9H14F2O2/c1-3-13-8(12)6-4-5-7(2)9(10)11/h3-6H2,1-2H3. The van der Waals surface area contributed by atoms with Crippen molar-refractivity contribution in [2.45, 2.75) is 33.1 Å². The Morgan fingerprint density at radius 2 is 1.92 bits per heavy atom. The van der Waals surface area contributed by atoms with Gasteiger partial charge in [0.25, 0.3) is 6.08 Å². The summed E-state index contributed by atoms with van der Waals surface area (Å²) in [4.78, 5) is 10.8. The van der Waals surface area contributed by atoms with Gasteiger partial charge in [-0.2, -0.15) is 8.78 Å². The molecule has 0 unspecified atom stereocenters. The third-order valence-corrected chi connectivity index (χ3v) is 1.56. The van der Waals surface area contributed by atoms with Crippen LogP contribution in [0.5, 0.6) is 0 Å². The Hall–Kier alpha value is -0.930. The van der Waals surface area contributed by atoms with Crippen molar-refractivity contribution in [3.05, 3.63) is 11.7 Å². The summed E-state index contributed by atoms with van der Waals surface area (Å²) >= 11 is 0. The molecule has 76 valence electrons. The number of halogens is 2. The summed E-state index contributed by atoms with van der Waals surface area (Å²) in [6, 6.07) is 0. The van der Waals surface area contributed by atoms with E-state index < -0.39 is 6.08 Å². The maximum atomic E-state index is 11.9. The summed E-state index contributed by atoms with van der Waals surface area (Å²) in [7, 11) is 0. The Kier molecular flexibility index (Phi) is 6.10. The normalized spacial score (nSPS) is 9.54. The van der Waals surface area contributed by atoms with E-state index in [-0.39, 0.29) is 24.4 Å². The Morgan fingerprint density at radius 3 is 2.38 bits per heavy atom. The first-order valence-electron chi connectivity index (χ1n) is 4.24. The van der Waals surface area contributed by atoms with E-state index in [1.165, 1.54) is 6.92 Å². The van der Waals surface area contributed by atoms with Crippen LogP contribution in [0, 0.1) is 0 Å². The molecule has 0 saturated heterocycles. The van der Waals surface area contributed by atoms with E-state index in [9.17, 15) is 13.6 Å². The number of allylic oxidation sites excluding steroid dienone is 1. The predicted molar refractivity (Wildman–Crippen MR) is 45.4 cm³/mol. The zero-order valence-electron chi connectivity index (χ0n) is 7.90. The summed E-state index contributed by atoms with van der Waals surface area (Å²) in [5.74, 6) is -0.324. The fraction of sp³-hybridized carbons (Fsp3) is 0.667. The highest BCUT2D eigenvalue weighted by Gasteiger charge is 2.03. The first kappa shape index (κ1) is 12.1. The molecule has 0 atom stereocenters. The maximum Gasteiger partial charge on any atom is 0.305 e. The second-order valence-electron chi connectivity index (χ2n) is 2.70. The topological polar surface area (TPSA) is 26.3 Å². The molecule has 0 spiro atoms. The molecule has 0 aliphatic heterocycles. The molecule has 2 nitrogen and oxygen atoms in total. The third-order valence-electron chi connectivity index (χ3n) is 1.56. The van der Waals surface area contributed by atoms with Crippen molar-refractivity contribution >= 4 is 5.97 Å². The van der Waals surface area contributed by atoms with Crippen LogP contribution in [0.4, 0.5) is 8.78 Å². The van der Waals surface area contributed by atoms with Crippen LogP contribution in [0.2, 0.25) is 0 Å². The van der Waals surface area contributed by atoms with Crippen LogP contribution in [-0.4, -0.2) is 12.6 Å². The van der Waals surface area contributed by atoms with Crippen molar-refractivity contribution in [2.75, 3.05) is 6.61 Å². The number of hydrogen-bond donors (Lipinski definition) is 0. The van der Waals surface area contributed by atoms with Gasteiger partial charge in [0.2, 0.25) is 0 Å². The van der Waals surface area contributed by atoms with Crippen molar-refractivity contribution in [1.82, 2.24) is 0 Å². The Balaban J connectivity index is 3.57. The summed E-state index contributed by atoms with van der Waals surface area (Å²) in [5, 5.41) is 0. The molecule has 0 bridgehead atoms. The Labute approximate surface area is 76.6 Å². The largest absolute Gasteiger partial charge is 0.466 e. The smallest absolute Gasteiger partial charge is 0.305 e. The molecule has 0 aliphatic rings. The van der Waals surface area contributed by atoms with Crippen molar-refractivity contribution in [3.8, 4) is 0 Å². The fourth-order valence-electron chi connectivity index (χ4n) is 0.826. The molecule has 0 rings (SSSR count). The highest BCUT2D eigenvalue weighted by molar-refractivity contribution is 5.69. The summed E-state index contributed by atoms with van der Waals surface area (Å²) in [5.41, 5.74) is 0.0456. The lowest BCUT2D eigenvalue weighted by Crippen LogP contribution is -2.03. The van der Waals surface area contributed by atoms with Crippen LogP contribution < -0.4 is 0 Å². The average Bonchev–Trinajstić information content (AvgIpc) is 2.04. The van der Waals surface area contributed by atoms with Crippen LogP contribution in [0.1, 0.15) is 33.1 Å². The molecule has 0 amide bonds. The van der Waals surface area contributed by atoms with Crippen molar-refractivity contribution < 1.29 is 18.3 Å². The van der Waals surface area contributed by atoms with Gasteiger partial charge in [-0.05, 0) is 32.3 Å². The number of carbonyl (C=O) groups excluding carboxylic acids is 1. The molecule has 0 fully saturated rings. The highest BCUT2D eigenvalue weighted by Crippen LogP contribution is 2.13. The van der Waals surface area contributed by atoms with Gasteiger partial charge in [-0.15, -0.1) is 0 Å². The first-order chi connectivity index (χ1) is 6.07. The van der Waals surface area contributed by atoms with Gasteiger partial charge in [0, 0.05) is 6.42 Å². The molecule has 0 radical (unpaired) electrons. The number of esters is 1. The molecule has 0 heterocycles. The van der Waals surface area contributed by atoms with E-state index in [1.807, 2.05) is 0 Å². The monoisotopic (exact) mass is 192 g/mol. The minimum Gasteiger partial charge on any atom is -0.466 e. The van der Waals surface area contributed by atoms with E-state index in [4.69, 9.17) is 0 Å². The summed E-state index contributed by atoms with van der Waals surface area (Å²) in [6.07, 6.45) is -0.773. The van der Waals surface area contributed by atoms with Crippen LogP contribution in [0.25, 0.3) is 0 Å². The van der Waals surface area contributed by atoms with Crippen LogP contribution in [-0.2, 0) is 9.53 Å². The van der Waals surface area contributed by atoms with Gasteiger partial charge in [-0.1, -0.05) is 0 Å². The quantitative estimate of drug-likeness (QED) is 0.626. The van der Waals surface area contributed by atoms with Gasteiger partial charge >= 0.3 is 5.97 Å². The molecule has 0 N–H and O–H groups in total. The SMILES string of the molecule is CCOC(=O)CCCC(C)=C(F)F. The molecule has 0 aromatic heterocycles. The van der Waals surface area contributed by atoms with E-state index in [0.717, 1.165) is 0 Å². The number of hydrogen-bond acceptors (Lipinski definition) is 2. The lowest BCUT2D eigenvalue weighted by Gasteiger charge is -2.01. The lowest BCUT2D eigenvalue weighted by molar-refractivity contribution is -0.143. The van der Waals surface area contributed by atoms with E-state index in [0.29, 0.717) is 13.0 Å². The van der Waals surface area contributed by atoms with Crippen LogP contribution >= 0.6 is 0 Å².